The molecule has 0 aromatic heterocycles. The van der Waals surface area contributed by atoms with Crippen LogP contribution in [0.4, 0.5) is 0 Å². The van der Waals surface area contributed by atoms with E-state index in [-0.39, 0.29) is 5.91 Å². The summed E-state index contributed by atoms with van der Waals surface area (Å²) in [4.78, 5) is 12.3. The van der Waals surface area contributed by atoms with E-state index >= 15 is 0 Å². The van der Waals surface area contributed by atoms with E-state index in [0.717, 1.165) is 17.7 Å². The molecule has 6 heteroatoms. The number of nitrogens with one attached hydrogen (secondary N) is 1. The first-order chi connectivity index (χ1) is 15.7. The molecular formula is C26H36N2O4. The molecule has 2 rings (SSSR count). The molecule has 0 fully saturated rings. The molecule has 1 amide bonds. The van der Waals surface area contributed by atoms with Gasteiger partial charge in [0.25, 0.3) is 5.91 Å². The highest BCUT2D eigenvalue weighted by molar-refractivity contribution is 5.95. The number of benzene rings is 2. The first-order valence-corrected chi connectivity index (χ1v) is 11.5. The Balaban J connectivity index is 1.70. The Morgan fingerprint density at radius 1 is 0.875 bits per heavy atom. The van der Waals surface area contributed by atoms with Crippen molar-refractivity contribution in [1.82, 2.24) is 5.43 Å². The summed E-state index contributed by atoms with van der Waals surface area (Å²) in [7, 11) is 3.15. The van der Waals surface area contributed by atoms with Gasteiger partial charge in [-0.1, -0.05) is 51.9 Å². The van der Waals surface area contributed by atoms with Crippen LogP contribution in [0.5, 0.6) is 17.2 Å². The van der Waals surface area contributed by atoms with Crippen LogP contribution in [0.1, 0.15) is 74.2 Å². The number of hydrogen-bond acceptors (Lipinski definition) is 5. The number of rotatable bonds is 15. The average Bonchev–Trinajstić information content (AvgIpc) is 2.83. The maximum Gasteiger partial charge on any atom is 0.271 e. The van der Waals surface area contributed by atoms with Gasteiger partial charge in [-0.15, -0.1) is 0 Å². The predicted molar refractivity (Wildman–Crippen MR) is 129 cm³/mol. The molecule has 0 spiro atoms. The van der Waals surface area contributed by atoms with Gasteiger partial charge in [-0.05, 0) is 54.4 Å². The van der Waals surface area contributed by atoms with Crippen molar-refractivity contribution in [3.05, 3.63) is 53.6 Å². The SMILES string of the molecule is CCCCCCCCCCOc1ccc(C(=O)N/N=C\c2ccc(OC)c(OC)c2)cc1. The molecule has 0 radical (unpaired) electrons. The molecule has 0 aliphatic carbocycles. The van der Waals surface area contributed by atoms with Gasteiger partial charge in [0.05, 0.1) is 27.0 Å². The van der Waals surface area contributed by atoms with E-state index in [4.69, 9.17) is 14.2 Å². The standard InChI is InChI=1S/C26H36N2O4/c1-4-5-6-7-8-9-10-11-18-32-23-15-13-22(14-16-23)26(29)28-27-20-21-12-17-24(30-2)25(19-21)31-3/h12-17,19-20H,4-11,18H2,1-3H3,(H,28,29)/b27-20-. The molecule has 0 aliphatic rings. The van der Waals surface area contributed by atoms with E-state index < -0.39 is 0 Å². The molecule has 2 aromatic rings. The van der Waals surface area contributed by atoms with Gasteiger partial charge >= 0.3 is 0 Å². The summed E-state index contributed by atoms with van der Waals surface area (Å²) in [5.74, 6) is 1.73. The van der Waals surface area contributed by atoms with Gasteiger partial charge in [0.1, 0.15) is 5.75 Å². The molecule has 0 saturated carbocycles. The third-order valence-corrected chi connectivity index (χ3v) is 5.17. The van der Waals surface area contributed by atoms with Crippen molar-refractivity contribution >= 4 is 12.1 Å². The smallest absolute Gasteiger partial charge is 0.271 e. The molecule has 0 saturated heterocycles. The summed E-state index contributed by atoms with van der Waals surface area (Å²) < 4.78 is 16.3. The Morgan fingerprint density at radius 2 is 1.53 bits per heavy atom. The topological polar surface area (TPSA) is 69.2 Å². The van der Waals surface area contributed by atoms with Crippen LogP contribution in [-0.4, -0.2) is 32.9 Å². The molecular weight excluding hydrogens is 404 g/mol. The second-order valence-electron chi connectivity index (χ2n) is 7.66. The van der Waals surface area contributed by atoms with Gasteiger partial charge in [-0.25, -0.2) is 5.43 Å². The van der Waals surface area contributed by atoms with E-state index in [0.29, 0.717) is 23.7 Å². The number of hydrogen-bond donors (Lipinski definition) is 1. The van der Waals surface area contributed by atoms with Crippen LogP contribution in [0, 0.1) is 0 Å². The highest BCUT2D eigenvalue weighted by Gasteiger charge is 2.06. The van der Waals surface area contributed by atoms with Crippen molar-refractivity contribution in [3.8, 4) is 17.2 Å². The highest BCUT2D eigenvalue weighted by atomic mass is 16.5. The Labute approximate surface area is 192 Å². The lowest BCUT2D eigenvalue weighted by Crippen LogP contribution is -2.17. The zero-order chi connectivity index (χ0) is 23.0. The van der Waals surface area contributed by atoms with Crippen LogP contribution in [0.2, 0.25) is 0 Å². The van der Waals surface area contributed by atoms with Gasteiger partial charge in [0.2, 0.25) is 0 Å². The Morgan fingerprint density at radius 3 is 2.19 bits per heavy atom. The van der Waals surface area contributed by atoms with Gasteiger partial charge in [0, 0.05) is 5.56 Å². The number of nitrogens with zero attached hydrogens (tertiary/aromatic N) is 1. The predicted octanol–water partition coefficient (Wildman–Crippen LogP) is 5.99. The Hall–Kier alpha value is -3.02. The molecule has 0 atom stereocenters. The van der Waals surface area contributed by atoms with Crippen LogP contribution in [0.3, 0.4) is 0 Å². The molecule has 174 valence electrons. The molecule has 32 heavy (non-hydrogen) atoms. The van der Waals surface area contributed by atoms with E-state index in [2.05, 4.69) is 17.5 Å². The van der Waals surface area contributed by atoms with Crippen LogP contribution in [-0.2, 0) is 0 Å². The quantitative estimate of drug-likeness (QED) is 0.210. The second-order valence-corrected chi connectivity index (χ2v) is 7.66. The first kappa shape index (κ1) is 25.2. The molecule has 0 aliphatic heterocycles. The molecule has 0 heterocycles. The van der Waals surface area contributed by atoms with Crippen molar-refractivity contribution in [2.24, 2.45) is 5.10 Å². The van der Waals surface area contributed by atoms with Gasteiger partial charge in [-0.2, -0.15) is 5.10 Å². The maximum atomic E-state index is 12.3. The lowest BCUT2D eigenvalue weighted by molar-refractivity contribution is 0.0955. The van der Waals surface area contributed by atoms with Crippen LogP contribution >= 0.6 is 0 Å². The van der Waals surface area contributed by atoms with Crippen molar-refractivity contribution in [2.75, 3.05) is 20.8 Å². The number of hydrazone groups is 1. The fraction of sp³-hybridized carbons (Fsp3) is 0.462. The normalized spacial score (nSPS) is 10.8. The fourth-order valence-electron chi connectivity index (χ4n) is 3.29. The molecule has 0 unspecified atom stereocenters. The van der Waals surface area contributed by atoms with Crippen LogP contribution < -0.4 is 19.6 Å². The lowest BCUT2D eigenvalue weighted by atomic mass is 10.1. The Kier molecular flexibility index (Phi) is 11.7. The number of methoxy groups -OCH3 is 2. The zero-order valence-corrected chi connectivity index (χ0v) is 19.6. The summed E-state index contributed by atoms with van der Waals surface area (Å²) in [6.45, 7) is 2.95. The van der Waals surface area contributed by atoms with Gasteiger partial charge < -0.3 is 14.2 Å². The largest absolute Gasteiger partial charge is 0.494 e. The molecule has 0 bridgehead atoms. The minimum Gasteiger partial charge on any atom is -0.494 e. The fourth-order valence-corrected chi connectivity index (χ4v) is 3.29. The lowest BCUT2D eigenvalue weighted by Gasteiger charge is -2.08. The molecule has 2 aromatic carbocycles. The molecule has 1 N–H and O–H groups in total. The summed E-state index contributed by atoms with van der Waals surface area (Å²) in [5, 5.41) is 4.02. The summed E-state index contributed by atoms with van der Waals surface area (Å²) in [5.41, 5.74) is 3.84. The van der Waals surface area contributed by atoms with Crippen molar-refractivity contribution < 1.29 is 19.0 Å². The summed E-state index contributed by atoms with van der Waals surface area (Å²) >= 11 is 0. The van der Waals surface area contributed by atoms with E-state index in [1.54, 1.807) is 44.7 Å². The van der Waals surface area contributed by atoms with Gasteiger partial charge in [0.15, 0.2) is 11.5 Å². The third-order valence-electron chi connectivity index (χ3n) is 5.17. The van der Waals surface area contributed by atoms with Crippen molar-refractivity contribution in [1.29, 1.82) is 0 Å². The number of unbranched alkanes of at least 4 members (excludes halogenated alkanes) is 7. The van der Waals surface area contributed by atoms with E-state index in [1.807, 2.05) is 18.2 Å². The Bertz CT molecular complexity index is 834. The summed E-state index contributed by atoms with van der Waals surface area (Å²) in [6.07, 6.45) is 11.7. The van der Waals surface area contributed by atoms with E-state index in [9.17, 15) is 4.79 Å². The minimum absolute atomic E-state index is 0.281. The zero-order valence-electron chi connectivity index (χ0n) is 19.6. The van der Waals surface area contributed by atoms with E-state index in [1.165, 1.54) is 44.9 Å². The monoisotopic (exact) mass is 440 g/mol. The molecule has 6 nitrogen and oxygen atoms in total. The minimum atomic E-state index is -0.281. The number of amides is 1. The van der Waals surface area contributed by atoms with Crippen LogP contribution in [0.15, 0.2) is 47.6 Å². The number of carbonyl (C=O) groups excluding carboxylic acids is 1. The van der Waals surface area contributed by atoms with Crippen molar-refractivity contribution in [3.63, 3.8) is 0 Å². The number of carbonyl (C=O) groups is 1. The second kappa shape index (κ2) is 14.9. The maximum absolute atomic E-state index is 12.3. The average molecular weight is 441 g/mol. The van der Waals surface area contributed by atoms with Crippen molar-refractivity contribution in [2.45, 2.75) is 58.3 Å². The van der Waals surface area contributed by atoms with Crippen LogP contribution in [0.25, 0.3) is 0 Å². The number of ether oxygens (including phenoxy) is 3. The third kappa shape index (κ3) is 9.00. The highest BCUT2D eigenvalue weighted by Crippen LogP contribution is 2.26. The first-order valence-electron chi connectivity index (χ1n) is 11.5. The summed E-state index contributed by atoms with van der Waals surface area (Å²) in [6, 6.07) is 12.5. The van der Waals surface area contributed by atoms with Gasteiger partial charge in [-0.3, -0.25) is 4.79 Å².